The number of rotatable bonds is 10. The first-order valence-corrected chi connectivity index (χ1v) is 19.6. The van der Waals surface area contributed by atoms with Crippen LogP contribution in [0.3, 0.4) is 0 Å². The van der Waals surface area contributed by atoms with Crippen molar-refractivity contribution in [3.8, 4) is 22.6 Å². The summed E-state index contributed by atoms with van der Waals surface area (Å²) in [6.07, 6.45) is 7.26. The number of aliphatic imine (C=N–C) groups is 1. The second kappa shape index (κ2) is 14.7. The zero-order valence-electron chi connectivity index (χ0n) is 28.9. The van der Waals surface area contributed by atoms with Gasteiger partial charge in [0, 0.05) is 22.2 Å². The second-order valence-corrected chi connectivity index (χ2v) is 15.1. The average Bonchev–Trinajstić information content (AvgIpc) is 3.96. The third kappa shape index (κ3) is 6.74. The van der Waals surface area contributed by atoms with E-state index in [0.717, 1.165) is 70.1 Å². The maximum Gasteiger partial charge on any atom is 0.160 e. The van der Waals surface area contributed by atoms with Gasteiger partial charge in [0.05, 0.1) is 27.2 Å². The molecule has 252 valence electrons. The summed E-state index contributed by atoms with van der Waals surface area (Å²) in [6, 6.07) is 45.5. The summed E-state index contributed by atoms with van der Waals surface area (Å²) in [5, 5.41) is 8.34. The standard InChI is InChI=1S/C45H40N4S2/c1-3-45(4-2,35-23-19-31(20-24-35)37-29-39(41-17-11-27-50-41)48-43(46-37)33-13-7-5-8-14-33)36-25-21-32(22-26-36)38-30-40(42-18-12-28-51-42)49-44(47-38)34-15-9-6-10-16-34/h5-17,19-30,42-43,46H,3-4,18H2,1-2H3. The molecule has 0 radical (unpaired) electrons. The van der Waals surface area contributed by atoms with Crippen molar-refractivity contribution in [3.63, 3.8) is 0 Å². The van der Waals surface area contributed by atoms with Gasteiger partial charge in [-0.15, -0.1) is 23.1 Å². The number of hydrogen-bond acceptors (Lipinski definition) is 6. The van der Waals surface area contributed by atoms with Crippen LogP contribution in [-0.4, -0.2) is 15.7 Å². The van der Waals surface area contributed by atoms with Crippen LogP contribution in [0.5, 0.6) is 0 Å². The highest BCUT2D eigenvalue weighted by Gasteiger charge is 2.31. The van der Waals surface area contributed by atoms with E-state index < -0.39 is 0 Å². The van der Waals surface area contributed by atoms with Gasteiger partial charge in [-0.1, -0.05) is 135 Å². The number of hydrogen-bond donors (Lipinski definition) is 1. The van der Waals surface area contributed by atoms with Gasteiger partial charge in [-0.25, -0.2) is 9.97 Å². The van der Waals surface area contributed by atoms with Crippen LogP contribution in [0.15, 0.2) is 155 Å². The molecule has 0 saturated carbocycles. The monoisotopic (exact) mass is 700 g/mol. The second-order valence-electron chi connectivity index (χ2n) is 13.1. The molecule has 51 heavy (non-hydrogen) atoms. The number of thiophene rings is 1. The van der Waals surface area contributed by atoms with E-state index in [4.69, 9.17) is 15.0 Å². The summed E-state index contributed by atoms with van der Waals surface area (Å²) < 4.78 is 0. The predicted molar refractivity (Wildman–Crippen MR) is 216 cm³/mol. The molecular weight excluding hydrogens is 661 g/mol. The first kappa shape index (κ1) is 33.1. The SMILES string of the molecule is CCC(CC)(c1ccc(C2=CC(c3cccs3)=NC(c3ccccc3)N2)cc1)c1ccc(-c2cc(C3CC=CS3)nc(-c3ccccc3)n2)cc1. The van der Waals surface area contributed by atoms with Crippen molar-refractivity contribution >= 4 is 34.5 Å². The number of benzene rings is 4. The van der Waals surface area contributed by atoms with E-state index in [2.05, 4.69) is 151 Å². The molecule has 2 aliphatic heterocycles. The van der Waals surface area contributed by atoms with Crippen molar-refractivity contribution in [2.24, 2.45) is 4.99 Å². The maximum atomic E-state index is 5.09. The minimum atomic E-state index is -0.143. The molecular formula is C45H40N4S2. The van der Waals surface area contributed by atoms with Crippen LogP contribution in [0.25, 0.3) is 28.3 Å². The zero-order valence-corrected chi connectivity index (χ0v) is 30.5. The van der Waals surface area contributed by atoms with Gasteiger partial charge >= 0.3 is 0 Å². The van der Waals surface area contributed by atoms with E-state index in [9.17, 15) is 0 Å². The van der Waals surface area contributed by atoms with Gasteiger partial charge in [-0.3, -0.25) is 4.99 Å². The molecule has 2 atom stereocenters. The van der Waals surface area contributed by atoms with Crippen molar-refractivity contribution in [2.75, 3.05) is 0 Å². The molecule has 0 aliphatic carbocycles. The van der Waals surface area contributed by atoms with Crippen molar-refractivity contribution in [1.29, 1.82) is 0 Å². The lowest BCUT2D eigenvalue weighted by molar-refractivity contribution is 0.478. The predicted octanol–water partition coefficient (Wildman–Crippen LogP) is 11.8. The van der Waals surface area contributed by atoms with Crippen molar-refractivity contribution in [2.45, 2.75) is 49.9 Å². The lowest BCUT2D eigenvalue weighted by Gasteiger charge is -2.34. The first-order valence-electron chi connectivity index (χ1n) is 17.7. The highest BCUT2D eigenvalue weighted by molar-refractivity contribution is 8.02. The summed E-state index contributed by atoms with van der Waals surface area (Å²) in [6.45, 7) is 4.61. The molecule has 4 nitrogen and oxygen atoms in total. The Hall–Kier alpha value is -5.04. The van der Waals surface area contributed by atoms with Gasteiger partial charge < -0.3 is 5.32 Å². The smallest absolute Gasteiger partial charge is 0.160 e. The topological polar surface area (TPSA) is 50.2 Å². The number of nitrogens with one attached hydrogen (secondary N) is 1. The van der Waals surface area contributed by atoms with E-state index in [1.54, 1.807) is 11.3 Å². The Kier molecular flexibility index (Phi) is 9.53. The number of aromatic nitrogens is 2. The third-order valence-electron chi connectivity index (χ3n) is 10.2. The van der Waals surface area contributed by atoms with Gasteiger partial charge in [-0.2, -0.15) is 0 Å². The number of allylic oxidation sites excluding steroid dienone is 2. The Balaban J connectivity index is 1.10. The molecule has 0 bridgehead atoms. The minimum absolute atomic E-state index is 0.111. The van der Waals surface area contributed by atoms with Crippen LogP contribution in [0, 0.1) is 0 Å². The fourth-order valence-corrected chi connectivity index (χ4v) is 8.87. The van der Waals surface area contributed by atoms with Crippen molar-refractivity contribution in [1.82, 2.24) is 15.3 Å². The number of nitrogens with zero attached hydrogens (tertiary/aromatic N) is 3. The van der Waals surface area contributed by atoms with Gasteiger partial charge in [0.25, 0.3) is 0 Å². The van der Waals surface area contributed by atoms with Crippen molar-refractivity contribution < 1.29 is 0 Å². The molecule has 0 spiro atoms. The van der Waals surface area contributed by atoms with E-state index in [1.165, 1.54) is 16.0 Å². The summed E-state index contributed by atoms with van der Waals surface area (Å²) in [5.74, 6) is 0.780. The molecule has 0 saturated heterocycles. The Morgan fingerprint density at radius 2 is 1.41 bits per heavy atom. The lowest BCUT2D eigenvalue weighted by atomic mass is 9.70. The average molecular weight is 701 g/mol. The zero-order chi connectivity index (χ0) is 34.6. The summed E-state index contributed by atoms with van der Waals surface area (Å²) in [4.78, 5) is 16.4. The lowest BCUT2D eigenvalue weighted by Crippen LogP contribution is -2.26. The van der Waals surface area contributed by atoms with Crippen molar-refractivity contribution in [3.05, 3.63) is 183 Å². The Morgan fingerprint density at radius 3 is 2.04 bits per heavy atom. The van der Waals surface area contributed by atoms with Gasteiger partial charge in [0.2, 0.25) is 0 Å². The maximum absolute atomic E-state index is 5.09. The van der Waals surface area contributed by atoms with Gasteiger partial charge in [-0.05, 0) is 70.5 Å². The molecule has 6 aromatic rings. The van der Waals surface area contributed by atoms with Crippen LogP contribution >= 0.6 is 23.1 Å². The quantitative estimate of drug-likeness (QED) is 0.155. The van der Waals surface area contributed by atoms with Crippen LogP contribution in [0.2, 0.25) is 0 Å². The molecule has 2 unspecified atom stereocenters. The molecule has 0 amide bonds. The van der Waals surface area contributed by atoms with Crippen LogP contribution < -0.4 is 5.32 Å². The molecule has 0 fully saturated rings. The fourth-order valence-electron chi connectivity index (χ4n) is 7.29. The molecule has 2 aliphatic rings. The Bertz CT molecular complexity index is 2180. The van der Waals surface area contributed by atoms with Crippen LogP contribution in [-0.2, 0) is 5.41 Å². The van der Waals surface area contributed by atoms with E-state index in [-0.39, 0.29) is 11.6 Å². The molecule has 8 rings (SSSR count). The molecule has 4 aromatic carbocycles. The van der Waals surface area contributed by atoms with E-state index >= 15 is 0 Å². The highest BCUT2D eigenvalue weighted by Crippen LogP contribution is 2.42. The molecule has 6 heteroatoms. The normalized spacial score (nSPS) is 17.1. The summed E-state index contributed by atoms with van der Waals surface area (Å²) in [7, 11) is 0. The fraction of sp³-hybridized carbons (Fsp3) is 0.178. The van der Waals surface area contributed by atoms with E-state index in [1.807, 2.05) is 30.0 Å². The first-order chi connectivity index (χ1) is 25.1. The molecule has 1 N–H and O–H groups in total. The number of thioether (sulfide) groups is 1. The molecule has 4 heterocycles. The van der Waals surface area contributed by atoms with E-state index in [0.29, 0.717) is 5.25 Å². The Labute approximate surface area is 309 Å². The Morgan fingerprint density at radius 1 is 0.725 bits per heavy atom. The van der Waals surface area contributed by atoms with Gasteiger partial charge in [0.1, 0.15) is 6.17 Å². The minimum Gasteiger partial charge on any atom is -0.360 e. The largest absolute Gasteiger partial charge is 0.360 e. The summed E-state index contributed by atoms with van der Waals surface area (Å²) in [5.41, 5.74) is 11.1. The summed E-state index contributed by atoms with van der Waals surface area (Å²) >= 11 is 3.56. The van der Waals surface area contributed by atoms with Crippen LogP contribution in [0.1, 0.15) is 77.4 Å². The highest BCUT2D eigenvalue weighted by atomic mass is 32.2. The van der Waals surface area contributed by atoms with Gasteiger partial charge in [0.15, 0.2) is 5.82 Å². The third-order valence-corrected chi connectivity index (χ3v) is 12.2. The van der Waals surface area contributed by atoms with Crippen LogP contribution in [0.4, 0.5) is 0 Å². The molecule has 2 aromatic heterocycles.